The highest BCUT2D eigenvalue weighted by Gasteiger charge is 2.57. The fraction of sp³-hybridized carbons (Fsp3) is 0.639. The van der Waals surface area contributed by atoms with Crippen molar-refractivity contribution >= 4 is 17.9 Å². The van der Waals surface area contributed by atoms with Crippen LogP contribution in [0.5, 0.6) is 0 Å². The number of nitrogens with two attached hydrogens (primary N) is 1. The van der Waals surface area contributed by atoms with Crippen LogP contribution < -0.4 is 21.3 Å². The minimum atomic E-state index is -2.94. The Morgan fingerprint density at radius 2 is 1.91 bits per heavy atom. The molecule has 19 heteroatoms. The van der Waals surface area contributed by atoms with E-state index in [2.05, 4.69) is 22.2 Å². The molecule has 4 aliphatic rings. The summed E-state index contributed by atoms with van der Waals surface area (Å²) in [5.74, 6) is -6.75. The van der Waals surface area contributed by atoms with Crippen molar-refractivity contribution in [2.75, 3.05) is 53.2 Å². The van der Waals surface area contributed by atoms with Gasteiger partial charge < -0.3 is 75.4 Å². The number of guanidine groups is 1. The Labute approximate surface area is 319 Å². The molecule has 19 nitrogen and oxygen atoms in total. The molecule has 0 bridgehead atoms. The lowest BCUT2D eigenvalue weighted by Crippen LogP contribution is -3.09. The van der Waals surface area contributed by atoms with E-state index in [0.717, 1.165) is 19.3 Å². The van der Waals surface area contributed by atoms with Crippen LogP contribution in [0.15, 0.2) is 64.7 Å². The second-order valence-electron chi connectivity index (χ2n) is 13.7. The van der Waals surface area contributed by atoms with Gasteiger partial charge in [-0.3, -0.25) is 10.3 Å². The predicted octanol–water partition coefficient (Wildman–Crippen LogP) is -3.19. The van der Waals surface area contributed by atoms with Crippen molar-refractivity contribution in [1.29, 1.82) is 0 Å². The van der Waals surface area contributed by atoms with Crippen LogP contribution in [0.3, 0.4) is 0 Å². The maximum absolute atomic E-state index is 13.8. The van der Waals surface area contributed by atoms with E-state index in [9.17, 15) is 40.2 Å². The summed E-state index contributed by atoms with van der Waals surface area (Å²) >= 11 is 0. The van der Waals surface area contributed by atoms with Gasteiger partial charge in [0.05, 0.1) is 49.0 Å². The molecule has 55 heavy (non-hydrogen) atoms. The number of carbonyl (C=O) groups excluding carboxylic acids is 1. The summed E-state index contributed by atoms with van der Waals surface area (Å²) in [6.07, 6.45) is 3.63. The van der Waals surface area contributed by atoms with Crippen molar-refractivity contribution in [3.05, 3.63) is 59.7 Å². The normalized spacial score (nSPS) is 30.3. The first-order valence-electron chi connectivity index (χ1n) is 18.4. The number of ether oxygens (including phenoxy) is 5. The summed E-state index contributed by atoms with van der Waals surface area (Å²) in [4.78, 5) is 31.1. The molecule has 1 unspecified atom stereocenters. The molecule has 0 spiro atoms. The quantitative estimate of drug-likeness (QED) is 0.0163. The zero-order valence-corrected chi connectivity index (χ0v) is 30.9. The highest BCUT2D eigenvalue weighted by atomic mass is 16.8. The SMILES string of the molecule is C=C[C@H]1[C@H](O[C@@H]2O[C@H](CO)[C@@H](O)C(O)(O)[C@H]2OCNC)OC=C(C(=O)OC2CCCCC2)[C@H]1/C=C\C1=C[NH+](CCO)CC(C(=O)O)=C1NC(N)=NCCCO. The van der Waals surface area contributed by atoms with Gasteiger partial charge in [0.25, 0.3) is 0 Å². The Bertz CT molecular complexity index is 1480. The van der Waals surface area contributed by atoms with E-state index < -0.39 is 67.1 Å². The third kappa shape index (κ3) is 11.2. The summed E-state index contributed by atoms with van der Waals surface area (Å²) in [5.41, 5.74) is 6.60. The van der Waals surface area contributed by atoms with E-state index in [0.29, 0.717) is 29.7 Å². The first kappa shape index (κ1) is 44.0. The maximum Gasteiger partial charge on any atom is 0.339 e. The maximum atomic E-state index is 13.8. The highest BCUT2D eigenvalue weighted by Crippen LogP contribution is 2.39. The Morgan fingerprint density at radius 3 is 2.55 bits per heavy atom. The lowest BCUT2D eigenvalue weighted by atomic mass is 9.83. The Kier molecular flexibility index (Phi) is 16.8. The van der Waals surface area contributed by atoms with Crippen LogP contribution in [-0.2, 0) is 33.3 Å². The number of nitrogens with one attached hydrogen (secondary N) is 3. The number of esters is 1. The number of carboxylic acids is 1. The molecular formula is C36H56N5O14+. The summed E-state index contributed by atoms with van der Waals surface area (Å²) in [6, 6.07) is 0. The predicted molar refractivity (Wildman–Crippen MR) is 193 cm³/mol. The summed E-state index contributed by atoms with van der Waals surface area (Å²) in [7, 11) is 1.54. The molecule has 0 aromatic rings. The van der Waals surface area contributed by atoms with Gasteiger partial charge in [0.15, 0.2) is 18.4 Å². The van der Waals surface area contributed by atoms with Gasteiger partial charge in [-0.25, -0.2) is 9.59 Å². The lowest BCUT2D eigenvalue weighted by Gasteiger charge is -2.47. The average molecular weight is 783 g/mol. The van der Waals surface area contributed by atoms with Gasteiger partial charge in [0.1, 0.15) is 43.2 Å². The van der Waals surface area contributed by atoms with Gasteiger partial charge in [0, 0.05) is 19.1 Å². The topological polar surface area (TPSA) is 289 Å². The Hall–Kier alpha value is -3.73. The van der Waals surface area contributed by atoms with Gasteiger partial charge in [-0.05, 0) is 39.2 Å². The van der Waals surface area contributed by atoms with Crippen LogP contribution in [0.1, 0.15) is 38.5 Å². The fourth-order valence-electron chi connectivity index (χ4n) is 6.84. The van der Waals surface area contributed by atoms with Gasteiger partial charge in [-0.2, -0.15) is 0 Å². The zero-order chi connectivity index (χ0) is 40.1. The van der Waals surface area contributed by atoms with Gasteiger partial charge in [-0.1, -0.05) is 24.6 Å². The molecule has 1 saturated heterocycles. The number of quaternary nitrogens is 1. The molecule has 0 amide bonds. The summed E-state index contributed by atoms with van der Waals surface area (Å²) in [5, 5.41) is 76.9. The number of hydrogen-bond donors (Lipinski definition) is 11. The van der Waals surface area contributed by atoms with E-state index >= 15 is 0 Å². The molecule has 8 atom stereocenters. The first-order valence-corrected chi connectivity index (χ1v) is 18.4. The molecule has 12 N–H and O–H groups in total. The van der Waals surface area contributed by atoms with Crippen LogP contribution >= 0.6 is 0 Å². The Morgan fingerprint density at radius 1 is 1.16 bits per heavy atom. The number of carboxylic acid groups (broad SMARTS) is 1. The number of aliphatic hydroxyl groups is 6. The molecule has 1 aliphatic carbocycles. The second kappa shape index (κ2) is 21.0. The van der Waals surface area contributed by atoms with Crippen LogP contribution in [0, 0.1) is 11.8 Å². The second-order valence-corrected chi connectivity index (χ2v) is 13.7. The number of carbonyl (C=O) groups is 2. The summed E-state index contributed by atoms with van der Waals surface area (Å²) < 4.78 is 29.3. The van der Waals surface area contributed by atoms with Crippen molar-refractivity contribution in [2.24, 2.45) is 22.6 Å². The van der Waals surface area contributed by atoms with E-state index in [1.54, 1.807) is 18.4 Å². The zero-order valence-electron chi connectivity index (χ0n) is 30.9. The third-order valence-corrected chi connectivity index (χ3v) is 9.75. The van der Waals surface area contributed by atoms with Gasteiger partial charge >= 0.3 is 11.9 Å². The first-order chi connectivity index (χ1) is 26.4. The number of rotatable bonds is 18. The van der Waals surface area contributed by atoms with Crippen LogP contribution in [0.25, 0.3) is 0 Å². The smallest absolute Gasteiger partial charge is 0.339 e. The molecule has 2 fully saturated rings. The molecule has 308 valence electrons. The minimum absolute atomic E-state index is 0.000265. The van der Waals surface area contributed by atoms with Crippen molar-refractivity contribution < 1.29 is 73.9 Å². The molecule has 0 aromatic carbocycles. The highest BCUT2D eigenvalue weighted by molar-refractivity contribution is 5.92. The van der Waals surface area contributed by atoms with E-state index in [1.807, 2.05) is 0 Å². The van der Waals surface area contributed by atoms with E-state index in [1.165, 1.54) is 19.4 Å². The van der Waals surface area contributed by atoms with E-state index in [4.69, 9.17) is 34.5 Å². The number of hydrogen-bond acceptors (Lipinski definition) is 15. The molecule has 3 aliphatic heterocycles. The summed E-state index contributed by atoms with van der Waals surface area (Å²) in [6.45, 7) is 2.95. The van der Waals surface area contributed by atoms with Crippen molar-refractivity contribution in [3.8, 4) is 0 Å². The molecule has 4 rings (SSSR count). The van der Waals surface area contributed by atoms with Crippen molar-refractivity contribution in [1.82, 2.24) is 10.6 Å². The van der Waals surface area contributed by atoms with Crippen LogP contribution in [-0.4, -0.2) is 150 Å². The molecule has 0 radical (unpaired) electrons. The number of nitrogens with zero attached hydrogens (tertiary/aromatic N) is 1. The Balaban J connectivity index is 1.75. The van der Waals surface area contributed by atoms with Crippen molar-refractivity contribution in [2.45, 2.75) is 81.3 Å². The van der Waals surface area contributed by atoms with Gasteiger partial charge in [-0.15, -0.1) is 6.58 Å². The van der Waals surface area contributed by atoms with E-state index in [-0.39, 0.29) is 68.5 Å². The molecule has 1 saturated carbocycles. The number of allylic oxidation sites excluding steroid dienone is 2. The average Bonchev–Trinajstić information content (AvgIpc) is 3.16. The minimum Gasteiger partial charge on any atom is -0.478 e. The fourth-order valence-corrected chi connectivity index (χ4v) is 6.84. The monoisotopic (exact) mass is 782 g/mol. The van der Waals surface area contributed by atoms with Crippen molar-refractivity contribution in [3.63, 3.8) is 0 Å². The third-order valence-electron chi connectivity index (χ3n) is 9.75. The standard InChI is InChI=1S/C36H55N5O14/c1-3-23-24(11-10-21-16-41(13-15-43)17-25(31(46)47)28(21)40-35(37)39-12-7-14-42)26(32(48)53-22-8-5-4-6-9-22)19-51-33(23)55-34-30(52-20-38-2)36(49,50)29(45)27(18-44)54-34/h3,10-11,16,19,22-24,27,29-30,33-34,38,42-45,49-50H,1,4-9,12-15,17-18,20H2,2H3,(H,46,47)(H3,37,39,40)/p+1/b11-10-/t23-,24+,27-,29-,30+,33+,34+/m1/s1. The van der Waals surface area contributed by atoms with Crippen LogP contribution in [0.2, 0.25) is 0 Å². The lowest BCUT2D eigenvalue weighted by molar-refractivity contribution is -0.843. The number of aliphatic hydroxyl groups excluding tert-OH is 4. The van der Waals surface area contributed by atoms with Gasteiger partial charge in [0.2, 0.25) is 12.1 Å². The largest absolute Gasteiger partial charge is 0.478 e. The molecular weight excluding hydrogens is 726 g/mol. The number of aliphatic carboxylic acids is 1. The molecule has 0 aromatic heterocycles. The van der Waals surface area contributed by atoms with Crippen LogP contribution in [0.4, 0.5) is 0 Å². The molecule has 3 heterocycles. The number of aliphatic imine (C=N–C) groups is 1.